The predicted molar refractivity (Wildman–Crippen MR) is 86.4 cm³/mol. The van der Waals surface area contributed by atoms with Crippen molar-refractivity contribution in [2.75, 3.05) is 66.4 Å². The fraction of sp³-hybridized carbons (Fsp3) is 1.00. The van der Waals surface area contributed by atoms with Crippen LogP contribution in [0.15, 0.2) is 0 Å². The van der Waals surface area contributed by atoms with Gasteiger partial charge in [0.1, 0.15) is 0 Å². The fourth-order valence-corrected chi connectivity index (χ4v) is 1.82. The van der Waals surface area contributed by atoms with Gasteiger partial charge in [0.15, 0.2) is 0 Å². The molecule has 5 nitrogen and oxygen atoms in total. The maximum absolute atomic E-state index is 6.01. The molecule has 0 aliphatic carbocycles. The van der Waals surface area contributed by atoms with Crippen LogP contribution >= 0.6 is 11.6 Å². The number of nitrogens with one attached hydrogen (secondary N) is 1. The molecule has 0 aromatic carbocycles. The van der Waals surface area contributed by atoms with E-state index in [1.54, 1.807) is 7.11 Å². The molecule has 0 spiro atoms. The van der Waals surface area contributed by atoms with Gasteiger partial charge in [-0.25, -0.2) is 0 Å². The van der Waals surface area contributed by atoms with E-state index in [-0.39, 0.29) is 5.38 Å². The minimum atomic E-state index is 0.0800. The van der Waals surface area contributed by atoms with Crippen molar-refractivity contribution in [3.05, 3.63) is 0 Å². The summed E-state index contributed by atoms with van der Waals surface area (Å²) < 4.78 is 21.2. The van der Waals surface area contributed by atoms with Crippen molar-refractivity contribution in [1.29, 1.82) is 0 Å². The van der Waals surface area contributed by atoms with Crippen LogP contribution in [0.25, 0.3) is 0 Å². The molecule has 21 heavy (non-hydrogen) atoms. The molecule has 1 unspecified atom stereocenters. The van der Waals surface area contributed by atoms with E-state index in [1.165, 1.54) is 6.42 Å². The minimum absolute atomic E-state index is 0.0800. The molecule has 0 rings (SSSR count). The van der Waals surface area contributed by atoms with Crippen molar-refractivity contribution >= 4 is 11.6 Å². The van der Waals surface area contributed by atoms with Gasteiger partial charge in [0.2, 0.25) is 0 Å². The Morgan fingerprint density at radius 3 is 2.14 bits per heavy atom. The molecule has 0 radical (unpaired) electrons. The number of alkyl halides is 1. The molecule has 0 saturated carbocycles. The average molecular weight is 326 g/mol. The Morgan fingerprint density at radius 2 is 1.52 bits per heavy atom. The molecule has 0 fully saturated rings. The summed E-state index contributed by atoms with van der Waals surface area (Å²) in [5.74, 6) is 0. The second-order valence-electron chi connectivity index (χ2n) is 4.78. The van der Waals surface area contributed by atoms with Crippen molar-refractivity contribution in [2.45, 2.75) is 31.6 Å². The van der Waals surface area contributed by atoms with Gasteiger partial charge in [-0.2, -0.15) is 0 Å². The van der Waals surface area contributed by atoms with Crippen LogP contribution in [0.1, 0.15) is 26.2 Å². The van der Waals surface area contributed by atoms with Gasteiger partial charge in [-0.1, -0.05) is 13.3 Å². The Bertz CT molecular complexity index is 199. The Labute approximate surface area is 134 Å². The van der Waals surface area contributed by atoms with Gasteiger partial charge in [0.25, 0.3) is 0 Å². The molecule has 128 valence electrons. The van der Waals surface area contributed by atoms with E-state index < -0.39 is 0 Å². The van der Waals surface area contributed by atoms with E-state index in [9.17, 15) is 0 Å². The lowest BCUT2D eigenvalue weighted by atomic mass is 10.3. The van der Waals surface area contributed by atoms with Crippen LogP contribution < -0.4 is 5.32 Å². The molecule has 1 N–H and O–H groups in total. The van der Waals surface area contributed by atoms with Gasteiger partial charge in [-0.15, -0.1) is 11.6 Å². The molecule has 0 heterocycles. The lowest BCUT2D eigenvalue weighted by Gasteiger charge is -2.09. The average Bonchev–Trinajstić information content (AvgIpc) is 2.48. The quantitative estimate of drug-likeness (QED) is 0.328. The van der Waals surface area contributed by atoms with Gasteiger partial charge in [0.05, 0.1) is 45.0 Å². The Morgan fingerprint density at radius 1 is 0.905 bits per heavy atom. The summed E-state index contributed by atoms with van der Waals surface area (Å²) in [5.41, 5.74) is 0. The number of ether oxygens (including phenoxy) is 4. The fourth-order valence-electron chi connectivity index (χ4n) is 1.58. The highest BCUT2D eigenvalue weighted by molar-refractivity contribution is 6.20. The van der Waals surface area contributed by atoms with Gasteiger partial charge < -0.3 is 24.3 Å². The van der Waals surface area contributed by atoms with Crippen molar-refractivity contribution < 1.29 is 18.9 Å². The number of methoxy groups -OCH3 is 1. The highest BCUT2D eigenvalue weighted by atomic mass is 35.5. The molecule has 6 heteroatoms. The zero-order valence-corrected chi connectivity index (χ0v) is 14.3. The smallest absolute Gasteiger partial charge is 0.0701 e. The molecule has 1 atom stereocenters. The molecule has 0 aliphatic heterocycles. The molecular formula is C15H32ClNO4. The van der Waals surface area contributed by atoms with Gasteiger partial charge >= 0.3 is 0 Å². The zero-order valence-electron chi connectivity index (χ0n) is 13.6. The van der Waals surface area contributed by atoms with Crippen LogP contribution in [0, 0.1) is 0 Å². The second kappa shape index (κ2) is 18.1. The van der Waals surface area contributed by atoms with Crippen molar-refractivity contribution in [2.24, 2.45) is 0 Å². The van der Waals surface area contributed by atoms with Crippen molar-refractivity contribution in [1.82, 2.24) is 5.32 Å². The SMILES string of the molecule is CCCCOCCOCCOCCNCCC(Cl)COC. The molecule has 0 aromatic heterocycles. The van der Waals surface area contributed by atoms with Crippen LogP contribution in [0.5, 0.6) is 0 Å². The monoisotopic (exact) mass is 325 g/mol. The topological polar surface area (TPSA) is 49.0 Å². The third-order valence-corrected chi connectivity index (χ3v) is 3.14. The van der Waals surface area contributed by atoms with E-state index in [0.29, 0.717) is 39.6 Å². The molecule has 0 saturated heterocycles. The third-order valence-electron chi connectivity index (χ3n) is 2.79. The zero-order chi connectivity index (χ0) is 15.6. The summed E-state index contributed by atoms with van der Waals surface area (Å²) in [5, 5.41) is 3.36. The van der Waals surface area contributed by atoms with Crippen LogP contribution in [0.4, 0.5) is 0 Å². The summed E-state index contributed by atoms with van der Waals surface area (Å²) in [6.07, 6.45) is 3.18. The molecule has 0 aliphatic rings. The van der Waals surface area contributed by atoms with Crippen molar-refractivity contribution in [3.63, 3.8) is 0 Å². The predicted octanol–water partition coefficient (Wildman–Crippen LogP) is 2.07. The highest BCUT2D eigenvalue weighted by Gasteiger charge is 2.02. The van der Waals surface area contributed by atoms with E-state index in [1.807, 2.05) is 0 Å². The third kappa shape index (κ3) is 18.0. The molecule has 0 aromatic rings. The summed E-state index contributed by atoms with van der Waals surface area (Å²) >= 11 is 6.01. The van der Waals surface area contributed by atoms with Crippen molar-refractivity contribution in [3.8, 4) is 0 Å². The number of hydrogen-bond acceptors (Lipinski definition) is 5. The first-order valence-electron chi connectivity index (χ1n) is 7.88. The van der Waals surface area contributed by atoms with Crippen LogP contribution in [0.3, 0.4) is 0 Å². The molecule has 0 bridgehead atoms. The number of hydrogen-bond donors (Lipinski definition) is 1. The van der Waals surface area contributed by atoms with Gasteiger partial charge in [-0.3, -0.25) is 0 Å². The Kier molecular flexibility index (Phi) is 18.2. The van der Waals surface area contributed by atoms with Crippen LogP contribution in [-0.2, 0) is 18.9 Å². The summed E-state index contributed by atoms with van der Waals surface area (Å²) in [4.78, 5) is 0. The van der Waals surface area contributed by atoms with Gasteiger partial charge in [-0.05, 0) is 19.4 Å². The minimum Gasteiger partial charge on any atom is -0.383 e. The van der Waals surface area contributed by atoms with E-state index in [4.69, 9.17) is 30.5 Å². The number of halogens is 1. The first-order chi connectivity index (χ1) is 10.3. The largest absolute Gasteiger partial charge is 0.383 e. The number of rotatable bonds is 17. The summed E-state index contributed by atoms with van der Waals surface area (Å²) in [7, 11) is 1.66. The van der Waals surface area contributed by atoms with E-state index in [2.05, 4.69) is 12.2 Å². The van der Waals surface area contributed by atoms with Crippen LogP contribution in [0.2, 0.25) is 0 Å². The second-order valence-corrected chi connectivity index (χ2v) is 5.40. The first-order valence-corrected chi connectivity index (χ1v) is 8.31. The molecular weight excluding hydrogens is 294 g/mol. The summed E-state index contributed by atoms with van der Waals surface area (Å²) in [6.45, 7) is 8.53. The number of unbranched alkanes of at least 4 members (excludes halogenated alkanes) is 1. The lowest BCUT2D eigenvalue weighted by molar-refractivity contribution is 0.0146. The normalized spacial score (nSPS) is 12.7. The standard InChI is InChI=1S/C15H32ClNO4/c1-3-4-8-19-10-12-21-13-11-20-9-7-17-6-5-15(16)14-18-2/h15,17H,3-14H2,1-2H3. The maximum atomic E-state index is 6.01. The van der Waals surface area contributed by atoms with Gasteiger partial charge in [0, 0.05) is 20.3 Å². The maximum Gasteiger partial charge on any atom is 0.0701 e. The summed E-state index contributed by atoms with van der Waals surface area (Å²) in [6, 6.07) is 0. The first kappa shape index (κ1) is 21.1. The Hall–Kier alpha value is 0.0900. The Balaban J connectivity index is 2.99. The molecule has 0 amide bonds. The van der Waals surface area contributed by atoms with Crippen LogP contribution in [-0.4, -0.2) is 71.8 Å². The highest BCUT2D eigenvalue weighted by Crippen LogP contribution is 2.00. The van der Waals surface area contributed by atoms with E-state index >= 15 is 0 Å². The lowest BCUT2D eigenvalue weighted by Crippen LogP contribution is -2.24. The van der Waals surface area contributed by atoms with E-state index in [0.717, 1.165) is 32.5 Å².